The van der Waals surface area contributed by atoms with Crippen LogP contribution in [0.25, 0.3) is 0 Å². The molecule has 9 atom stereocenters. The first kappa shape index (κ1) is 25.7. The van der Waals surface area contributed by atoms with Crippen molar-refractivity contribution in [2.45, 2.75) is 76.9 Å². The molecule has 0 heterocycles. The zero-order valence-corrected chi connectivity index (χ0v) is 20.8. The summed E-state index contributed by atoms with van der Waals surface area (Å²) in [6.45, 7) is 6.71. The van der Waals surface area contributed by atoms with Crippen LogP contribution in [0, 0.1) is 28.6 Å². The van der Waals surface area contributed by atoms with Crippen LogP contribution in [0.4, 0.5) is 8.78 Å². The molecule has 0 aliphatic heterocycles. The minimum absolute atomic E-state index is 0.0457. The largest absolute Gasteiger partial charge is 0.451 e. The molecule has 4 rings (SSSR count). The van der Waals surface area contributed by atoms with E-state index in [0.717, 1.165) is 6.08 Å². The molecule has 6 nitrogen and oxygen atoms in total. The van der Waals surface area contributed by atoms with E-state index in [1.54, 1.807) is 20.8 Å². The average molecular weight is 501 g/mol. The number of ether oxygens (including phenoxy) is 1. The van der Waals surface area contributed by atoms with E-state index in [4.69, 9.17) is 4.74 Å². The van der Waals surface area contributed by atoms with Gasteiger partial charge in [-0.1, -0.05) is 26.8 Å². The summed E-state index contributed by atoms with van der Waals surface area (Å²) in [6, 6.07) is 0. The number of thiol groups is 1. The highest BCUT2D eigenvalue weighted by Crippen LogP contribution is 2.71. The van der Waals surface area contributed by atoms with E-state index in [9.17, 15) is 24.9 Å². The molecule has 190 valence electrons. The van der Waals surface area contributed by atoms with E-state index < -0.39 is 69.8 Å². The fourth-order valence-corrected chi connectivity index (χ4v) is 8.59. The van der Waals surface area contributed by atoms with E-state index in [0.29, 0.717) is 6.42 Å². The van der Waals surface area contributed by atoms with Gasteiger partial charge in [0, 0.05) is 29.1 Å². The maximum absolute atomic E-state index is 17.3. The lowest BCUT2D eigenvalue weighted by Crippen LogP contribution is -2.70. The van der Waals surface area contributed by atoms with Crippen LogP contribution in [-0.4, -0.2) is 61.6 Å². The van der Waals surface area contributed by atoms with E-state index in [2.05, 4.69) is 0 Å². The van der Waals surface area contributed by atoms with Crippen LogP contribution in [0.3, 0.4) is 0 Å². The van der Waals surface area contributed by atoms with Crippen LogP contribution in [0.5, 0.6) is 0 Å². The Labute approximate surface area is 202 Å². The van der Waals surface area contributed by atoms with Gasteiger partial charge < -0.3 is 20.1 Å². The topological polar surface area (TPSA) is 104 Å². The van der Waals surface area contributed by atoms with Crippen LogP contribution in [-0.2, 0) is 14.3 Å². The molecule has 0 radical (unpaired) electrons. The van der Waals surface area contributed by atoms with Gasteiger partial charge in [0.15, 0.2) is 17.1 Å². The highest BCUT2D eigenvalue weighted by molar-refractivity contribution is 7.98. The van der Waals surface area contributed by atoms with Crippen molar-refractivity contribution in [3.05, 3.63) is 23.8 Å². The minimum Gasteiger partial charge on any atom is -0.451 e. The Morgan fingerprint density at radius 2 is 1.97 bits per heavy atom. The van der Waals surface area contributed by atoms with Gasteiger partial charge in [0.1, 0.15) is 11.2 Å². The molecule has 0 bridgehead atoms. The third-order valence-corrected chi connectivity index (χ3v) is 10.1. The molecule has 4 aliphatic rings. The first-order chi connectivity index (χ1) is 15.8. The quantitative estimate of drug-likeness (QED) is 0.268. The minimum atomic E-state index is -2.25. The van der Waals surface area contributed by atoms with E-state index >= 15 is 8.78 Å². The molecule has 34 heavy (non-hydrogen) atoms. The fraction of sp³-hybridized carbons (Fsp3) is 0.720. The SMILES string of the molecule is CCC(=O)O[C@@]1(C(O)=[SH]CO)[C@H](C)C[C@H]2[C@@H]3C[C@H](F)C4=CC(=O)C=C[C@]4(C)[C@@]3(F)[C@@H](O)C[C@@]21C. The van der Waals surface area contributed by atoms with Gasteiger partial charge in [-0.3, -0.25) is 9.59 Å². The molecular formula is C25H34F2O6S. The number of aliphatic hydroxyl groups is 3. The molecule has 9 heteroatoms. The number of ketones is 1. The second-order valence-electron chi connectivity index (χ2n) is 10.7. The van der Waals surface area contributed by atoms with Crippen molar-refractivity contribution in [3.8, 4) is 0 Å². The average Bonchev–Trinajstić information content (AvgIpc) is 2.99. The Kier molecular flexibility index (Phi) is 6.28. The highest BCUT2D eigenvalue weighted by atomic mass is 32.1. The maximum atomic E-state index is 17.3. The van der Waals surface area contributed by atoms with Crippen molar-refractivity contribution >= 4 is 28.2 Å². The van der Waals surface area contributed by atoms with Crippen molar-refractivity contribution in [2.24, 2.45) is 28.6 Å². The fourth-order valence-electron chi connectivity index (χ4n) is 7.70. The van der Waals surface area contributed by atoms with E-state index in [-0.39, 0.29) is 41.2 Å². The number of aliphatic hydroxyl groups excluding tert-OH is 3. The Hall–Kier alpha value is -1.42. The predicted octanol–water partition coefficient (Wildman–Crippen LogP) is 3.35. The van der Waals surface area contributed by atoms with Crippen molar-refractivity contribution in [2.75, 3.05) is 5.94 Å². The van der Waals surface area contributed by atoms with Gasteiger partial charge in [-0.15, -0.1) is 11.4 Å². The van der Waals surface area contributed by atoms with Gasteiger partial charge in [0.05, 0.1) is 12.0 Å². The van der Waals surface area contributed by atoms with Gasteiger partial charge in [0.2, 0.25) is 0 Å². The Balaban J connectivity index is 1.89. The number of rotatable bonds is 4. The summed E-state index contributed by atoms with van der Waals surface area (Å²) in [5.74, 6) is -3.30. The smallest absolute Gasteiger partial charge is 0.306 e. The highest BCUT2D eigenvalue weighted by Gasteiger charge is 2.77. The first-order valence-electron chi connectivity index (χ1n) is 11.9. The molecule has 0 aromatic heterocycles. The lowest BCUT2D eigenvalue weighted by molar-refractivity contribution is -0.222. The van der Waals surface area contributed by atoms with Crippen molar-refractivity contribution in [3.63, 3.8) is 0 Å². The lowest BCUT2D eigenvalue weighted by atomic mass is 9.44. The van der Waals surface area contributed by atoms with E-state index in [1.807, 2.05) is 0 Å². The molecule has 0 spiro atoms. The van der Waals surface area contributed by atoms with Crippen LogP contribution in [0.1, 0.15) is 53.4 Å². The Bertz CT molecular complexity index is 996. The number of halogens is 2. The van der Waals surface area contributed by atoms with Crippen LogP contribution in [0.15, 0.2) is 23.8 Å². The molecule has 0 amide bonds. The van der Waals surface area contributed by atoms with Gasteiger partial charge in [0.25, 0.3) is 0 Å². The summed E-state index contributed by atoms with van der Waals surface area (Å²) in [5.41, 5.74) is -6.37. The van der Waals surface area contributed by atoms with Gasteiger partial charge in [-0.25, -0.2) is 8.78 Å². The number of hydrogen-bond acceptors (Lipinski definition) is 5. The summed E-state index contributed by atoms with van der Waals surface area (Å²) >= 11 is 0.155. The monoisotopic (exact) mass is 500 g/mol. The number of hydrogen-bond donors (Lipinski definition) is 4. The third kappa shape index (κ3) is 3.06. The molecule has 0 aromatic rings. The number of carbonyl (C=O) groups is 2. The van der Waals surface area contributed by atoms with Gasteiger partial charge >= 0.3 is 5.97 Å². The second-order valence-corrected chi connectivity index (χ2v) is 11.7. The molecule has 3 N–H and O–H groups in total. The number of esters is 1. The molecule has 0 saturated heterocycles. The van der Waals surface area contributed by atoms with Gasteiger partial charge in [-0.2, -0.15) is 0 Å². The van der Waals surface area contributed by atoms with Crippen LogP contribution >= 0.6 is 11.4 Å². The predicted molar refractivity (Wildman–Crippen MR) is 126 cm³/mol. The molecular weight excluding hydrogens is 466 g/mol. The maximum Gasteiger partial charge on any atom is 0.306 e. The number of allylic oxidation sites excluding steroid dienone is 4. The third-order valence-electron chi connectivity index (χ3n) is 9.28. The summed E-state index contributed by atoms with van der Waals surface area (Å²) in [4.78, 5) is 24.5. The van der Waals surface area contributed by atoms with Crippen LogP contribution in [0.2, 0.25) is 0 Å². The van der Waals surface area contributed by atoms with Crippen molar-refractivity contribution < 1.29 is 38.4 Å². The summed E-state index contributed by atoms with van der Waals surface area (Å²) in [5, 5.41) is 31.9. The molecule has 3 saturated carbocycles. The normalized spacial score (nSPS) is 48.3. The zero-order chi connectivity index (χ0) is 25.3. The summed E-state index contributed by atoms with van der Waals surface area (Å²) in [6.07, 6.45) is 0.642. The molecule has 3 fully saturated rings. The van der Waals surface area contributed by atoms with Crippen LogP contribution < -0.4 is 0 Å². The van der Waals surface area contributed by atoms with Crippen molar-refractivity contribution in [1.82, 2.24) is 0 Å². The standard InChI is InChI=1S/C25H34F2O6S/c1-5-20(31)33-25(21(32)34-12-28)13(2)8-15-16-10-18(26)17-9-14(29)6-7-22(17,3)24(16,27)19(30)11-23(15,25)4/h6-7,9,13,15-16,18-19,28,30,32,34H,5,8,10-12H2,1-4H3/t13-,15+,16+,18+,19+,22+,23+,24+,25-/m1/s1. The molecule has 0 aromatic carbocycles. The van der Waals surface area contributed by atoms with Crippen molar-refractivity contribution in [1.29, 1.82) is 0 Å². The zero-order valence-electron chi connectivity index (χ0n) is 19.9. The van der Waals surface area contributed by atoms with Gasteiger partial charge in [-0.05, 0) is 49.8 Å². The lowest BCUT2D eigenvalue weighted by Gasteiger charge is -2.63. The van der Waals surface area contributed by atoms with E-state index in [1.165, 1.54) is 19.1 Å². The summed E-state index contributed by atoms with van der Waals surface area (Å²) in [7, 11) is 0. The summed E-state index contributed by atoms with van der Waals surface area (Å²) < 4.78 is 38.7. The number of carbonyl (C=O) groups excluding carboxylic acids is 2. The molecule has 0 unspecified atom stereocenters. The first-order valence-corrected chi connectivity index (χ1v) is 12.9. The Morgan fingerprint density at radius 3 is 2.59 bits per heavy atom. The number of fused-ring (bicyclic) bond motifs is 5. The second kappa shape index (κ2) is 8.32. The Morgan fingerprint density at radius 1 is 1.29 bits per heavy atom. The molecule has 4 aliphatic carbocycles. The number of alkyl halides is 2.